The average molecular weight is 1010 g/mol. The predicted octanol–water partition coefficient (Wildman–Crippen LogP) is 5.26. The molecule has 0 saturated carbocycles. The summed E-state index contributed by atoms with van der Waals surface area (Å²) in [5, 5.41) is 6.31. The summed E-state index contributed by atoms with van der Waals surface area (Å²) < 4.78 is 12.2. The third-order valence-electron chi connectivity index (χ3n) is 13.5. The van der Waals surface area contributed by atoms with E-state index in [1.807, 2.05) is 48.2 Å². The second-order valence-corrected chi connectivity index (χ2v) is 20.6. The first-order chi connectivity index (χ1) is 34.3. The van der Waals surface area contributed by atoms with Gasteiger partial charge in [0.05, 0.1) is 34.2 Å². The molecule has 20 heteroatoms. The van der Waals surface area contributed by atoms with Gasteiger partial charge in [0.1, 0.15) is 17.5 Å². The summed E-state index contributed by atoms with van der Waals surface area (Å²) in [4.78, 5) is 107. The maximum absolute atomic E-state index is 13.5. The van der Waals surface area contributed by atoms with Crippen LogP contribution in [0, 0.1) is 6.92 Å². The minimum absolute atomic E-state index is 0.0150. The normalized spacial score (nSPS) is 17.7. The second-order valence-electron chi connectivity index (χ2n) is 18.2. The number of carbonyl (C=O) groups is 7. The number of benzene rings is 3. The van der Waals surface area contributed by atoms with Crippen LogP contribution in [0.25, 0.3) is 0 Å². The number of piperazine rings is 2. The Kier molecular flexibility index (Phi) is 16.7. The topological polar surface area (TPSA) is 194 Å². The highest BCUT2D eigenvalue weighted by Gasteiger charge is 2.47. The maximum Gasteiger partial charge on any atom is 0.266 e. The van der Waals surface area contributed by atoms with Crippen molar-refractivity contribution in [2.75, 3.05) is 103 Å². The summed E-state index contributed by atoms with van der Waals surface area (Å²) in [6.07, 6.45) is 6.87. The van der Waals surface area contributed by atoms with E-state index in [1.165, 1.54) is 42.3 Å². The van der Waals surface area contributed by atoms with Crippen LogP contribution < -0.4 is 25.0 Å². The lowest BCUT2D eigenvalue weighted by Crippen LogP contribution is -2.54. The van der Waals surface area contributed by atoms with E-state index in [0.717, 1.165) is 108 Å². The lowest BCUT2D eigenvalue weighted by atomic mass is 10.0. The van der Waals surface area contributed by atoms with E-state index < -0.39 is 23.8 Å². The third-order valence-corrected chi connectivity index (χ3v) is 15.6. The van der Waals surface area contributed by atoms with Crippen LogP contribution in [-0.2, 0) is 14.4 Å². The average Bonchev–Trinajstić information content (AvgIpc) is 3.93. The number of aryl methyl sites for hydroxylation is 1. The van der Waals surface area contributed by atoms with E-state index in [2.05, 4.69) is 37.4 Å². The number of methoxy groups -OCH3 is 1. The second kappa shape index (κ2) is 23.3. The lowest BCUT2D eigenvalue weighted by molar-refractivity contribution is -0.149. The molecule has 1 atom stereocenters. The van der Waals surface area contributed by atoms with Gasteiger partial charge in [-0.2, -0.15) is 0 Å². The number of fused-ring (bicyclic) bond motifs is 1. The van der Waals surface area contributed by atoms with Crippen molar-refractivity contribution in [3.63, 3.8) is 0 Å². The lowest BCUT2D eigenvalue weighted by Gasteiger charge is -2.36. The van der Waals surface area contributed by atoms with Crippen LogP contribution in [0.5, 0.6) is 11.5 Å². The summed E-state index contributed by atoms with van der Waals surface area (Å²) >= 11 is 2.90. The number of imide groups is 2. The Morgan fingerprint density at radius 3 is 2.32 bits per heavy atom. The Balaban J connectivity index is 0.693. The fraction of sp³-hybridized carbons (Fsp3) is 0.451. The third kappa shape index (κ3) is 12.1. The van der Waals surface area contributed by atoms with Gasteiger partial charge in [-0.1, -0.05) is 48.4 Å². The number of nitrogens with zero attached hydrogens (tertiary/aromatic N) is 7. The Morgan fingerprint density at radius 2 is 1.58 bits per heavy atom. The minimum Gasteiger partial charge on any atom is -0.496 e. The van der Waals surface area contributed by atoms with Crippen LogP contribution in [0.4, 0.5) is 10.8 Å². The van der Waals surface area contributed by atoms with Gasteiger partial charge < -0.3 is 29.5 Å². The highest BCUT2D eigenvalue weighted by atomic mass is 32.2. The van der Waals surface area contributed by atoms with E-state index in [0.29, 0.717) is 41.6 Å². The Labute approximate surface area is 422 Å². The summed E-state index contributed by atoms with van der Waals surface area (Å²) in [7, 11) is 4.98. The van der Waals surface area contributed by atoms with Gasteiger partial charge in [-0.25, -0.2) is 4.98 Å². The molecule has 0 radical (unpaired) electrons. The summed E-state index contributed by atoms with van der Waals surface area (Å²) in [5.41, 5.74) is 3.27. The van der Waals surface area contributed by atoms with Crippen molar-refractivity contribution < 1.29 is 43.0 Å². The molecule has 0 bridgehead atoms. The molecule has 0 aliphatic carbocycles. The minimum atomic E-state index is -1.07. The van der Waals surface area contributed by atoms with Crippen LogP contribution in [0.1, 0.15) is 91.9 Å². The largest absolute Gasteiger partial charge is 0.496 e. The number of amides is 7. The number of likely N-dealkylation sites (N-methyl/N-ethyl adjacent to an activating group) is 2. The molecule has 71 heavy (non-hydrogen) atoms. The number of unbranched alkanes of at least 4 members (excludes halogenated alkanes) is 4. The van der Waals surface area contributed by atoms with Crippen LogP contribution in [0.15, 0.2) is 69.9 Å². The zero-order chi connectivity index (χ0) is 50.2. The molecule has 7 amide bonds. The predicted molar refractivity (Wildman–Crippen MR) is 270 cm³/mol. The van der Waals surface area contributed by atoms with Gasteiger partial charge in [0, 0.05) is 88.5 Å². The van der Waals surface area contributed by atoms with Gasteiger partial charge in [-0.15, -0.1) is 0 Å². The number of ether oxygens (including phenoxy) is 2. The number of hydrogen-bond acceptors (Lipinski definition) is 15. The van der Waals surface area contributed by atoms with Crippen molar-refractivity contribution in [2.45, 2.75) is 67.0 Å². The van der Waals surface area contributed by atoms with Gasteiger partial charge in [0.15, 0.2) is 11.7 Å². The molecular weight excluding hydrogens is 947 g/mol. The van der Waals surface area contributed by atoms with Crippen LogP contribution in [0.2, 0.25) is 0 Å². The zero-order valence-corrected chi connectivity index (χ0v) is 42.3. The van der Waals surface area contributed by atoms with Crippen LogP contribution in [0.3, 0.4) is 0 Å². The molecule has 8 rings (SSSR count). The highest BCUT2D eigenvalue weighted by Crippen LogP contribution is 2.39. The molecule has 4 aromatic rings. The molecule has 376 valence electrons. The smallest absolute Gasteiger partial charge is 0.266 e. The molecule has 5 heterocycles. The molecule has 1 unspecified atom stereocenters. The number of piperidine rings is 1. The van der Waals surface area contributed by atoms with Crippen molar-refractivity contribution in [1.82, 2.24) is 34.8 Å². The van der Waals surface area contributed by atoms with Crippen molar-refractivity contribution in [3.05, 3.63) is 88.6 Å². The van der Waals surface area contributed by atoms with E-state index in [1.54, 1.807) is 19.4 Å². The SMILES string of the molecule is COc1cc(C)c(Sc2cnc(NC(=O)c3ccc(N4CCN(CCCCCCCNC(=O)COc5cccc6c5C(=O)N(C5CCC(=O)N(C)C5=O)C6=O)CC4)cc3)s2)cc1C(=O)N1CCN(C)CC1. The van der Waals surface area contributed by atoms with Crippen molar-refractivity contribution >= 4 is 75.3 Å². The number of hydrogen-bond donors (Lipinski definition) is 2. The molecule has 2 N–H and O–H groups in total. The number of rotatable bonds is 19. The monoisotopic (exact) mass is 1010 g/mol. The number of aromatic nitrogens is 1. The molecule has 3 saturated heterocycles. The Bertz CT molecular complexity index is 2650. The summed E-state index contributed by atoms with van der Waals surface area (Å²) in [6, 6.07) is 15.0. The Morgan fingerprint density at radius 1 is 0.845 bits per heavy atom. The molecule has 18 nitrogen and oxygen atoms in total. The maximum atomic E-state index is 13.5. The first-order valence-corrected chi connectivity index (χ1v) is 25.8. The summed E-state index contributed by atoms with van der Waals surface area (Å²) in [6.45, 7) is 9.90. The van der Waals surface area contributed by atoms with Gasteiger partial charge in [0.25, 0.3) is 35.4 Å². The molecule has 4 aliphatic heterocycles. The number of anilines is 2. The number of thiazole rings is 1. The molecule has 3 fully saturated rings. The highest BCUT2D eigenvalue weighted by molar-refractivity contribution is 8.01. The van der Waals surface area contributed by atoms with Gasteiger partial charge >= 0.3 is 0 Å². The fourth-order valence-corrected chi connectivity index (χ4v) is 11.1. The fourth-order valence-electron chi connectivity index (χ4n) is 9.21. The molecule has 0 spiro atoms. The van der Waals surface area contributed by atoms with E-state index >= 15 is 0 Å². The van der Waals surface area contributed by atoms with Gasteiger partial charge in [0.2, 0.25) is 5.91 Å². The summed E-state index contributed by atoms with van der Waals surface area (Å²) in [5.74, 6) is -2.22. The number of likely N-dealkylation sites (tertiary alicyclic amines) is 1. The van der Waals surface area contributed by atoms with E-state index in [-0.39, 0.29) is 60.0 Å². The van der Waals surface area contributed by atoms with Crippen molar-refractivity contribution in [2.24, 2.45) is 0 Å². The Hall–Kier alpha value is -6.35. The number of carbonyl (C=O) groups excluding carboxylic acids is 7. The van der Waals surface area contributed by atoms with Crippen LogP contribution in [-0.4, -0.2) is 170 Å². The first-order valence-electron chi connectivity index (χ1n) is 24.2. The van der Waals surface area contributed by atoms with E-state index in [4.69, 9.17) is 9.47 Å². The van der Waals surface area contributed by atoms with E-state index in [9.17, 15) is 33.6 Å². The van der Waals surface area contributed by atoms with Gasteiger partial charge in [-0.05, 0) is 93.9 Å². The number of nitrogens with one attached hydrogen (secondary N) is 2. The quantitative estimate of drug-likeness (QED) is 0.0913. The van der Waals surface area contributed by atoms with Crippen LogP contribution >= 0.6 is 23.1 Å². The van der Waals surface area contributed by atoms with Crippen molar-refractivity contribution in [1.29, 1.82) is 0 Å². The molecule has 4 aliphatic rings. The molecular formula is C51H61N9O9S2. The molecule has 3 aromatic carbocycles. The standard InChI is InChI=1S/C51H61N9O9S2/c1-33-29-40(68-4)37(47(64)59-25-21-55(2)22-26-59)30-41(33)70-44-31-53-51(71-44)54-46(63)34-13-15-35(16-14-34)58-27-23-57(24-28-58)20-9-7-5-6-8-19-52-42(61)32-69-39-12-10-11-36-45(39)50(67)60(48(36)65)38-17-18-43(62)56(3)49(38)66/h10-16,29-31,38H,5-9,17-28,32H2,1-4H3,(H,52,61)(H,53,54,63). The van der Waals surface area contributed by atoms with Crippen molar-refractivity contribution in [3.8, 4) is 11.5 Å². The zero-order valence-electron chi connectivity index (χ0n) is 40.7. The van der Waals surface area contributed by atoms with Gasteiger partial charge in [-0.3, -0.25) is 53.6 Å². The molecule has 1 aromatic heterocycles. The first kappa shape index (κ1) is 51.0.